The number of aryl methyl sites for hydroxylation is 1. The molecule has 2 rings (SSSR count). The van der Waals surface area contributed by atoms with E-state index in [0.29, 0.717) is 19.5 Å². The van der Waals surface area contributed by atoms with Crippen LogP contribution in [0.25, 0.3) is 11.0 Å². The monoisotopic (exact) mass is 260 g/mol. The van der Waals surface area contributed by atoms with E-state index in [-0.39, 0.29) is 11.9 Å². The molecule has 0 fully saturated rings. The van der Waals surface area contributed by atoms with Gasteiger partial charge < -0.3 is 15.2 Å². The first-order chi connectivity index (χ1) is 9.13. The molecule has 5 heteroatoms. The number of rotatable bonds is 5. The van der Waals surface area contributed by atoms with Gasteiger partial charge in [0.15, 0.2) is 0 Å². The van der Waals surface area contributed by atoms with E-state index < -0.39 is 0 Å². The number of hydrogen-bond acceptors (Lipinski definition) is 3. The Kier molecular flexibility index (Phi) is 4.16. The molecular weight excluding hydrogens is 240 g/mol. The Morgan fingerprint density at radius 1 is 1.47 bits per heavy atom. The van der Waals surface area contributed by atoms with E-state index in [2.05, 4.69) is 4.98 Å². The summed E-state index contributed by atoms with van der Waals surface area (Å²) in [6.07, 6.45) is 2.24. The molecule has 0 saturated heterocycles. The molecule has 1 amide bonds. The minimum absolute atomic E-state index is 0.0760. The van der Waals surface area contributed by atoms with Crippen molar-refractivity contribution >= 4 is 16.9 Å². The second-order valence-electron chi connectivity index (χ2n) is 4.77. The topological polar surface area (TPSA) is 64.2 Å². The lowest BCUT2D eigenvalue weighted by atomic mass is 10.2. The van der Waals surface area contributed by atoms with Gasteiger partial charge in [0.2, 0.25) is 5.91 Å². The zero-order valence-electron chi connectivity index (χ0n) is 11.4. The van der Waals surface area contributed by atoms with Crippen LogP contribution in [-0.2, 0) is 11.3 Å². The molecule has 1 heterocycles. The van der Waals surface area contributed by atoms with Gasteiger partial charge in [0, 0.05) is 32.6 Å². The Hall–Kier alpha value is -1.88. The molecule has 0 radical (unpaired) electrons. The number of hydrogen-bond donors (Lipinski definition) is 1. The Labute approximate surface area is 113 Å². The van der Waals surface area contributed by atoms with Crippen molar-refractivity contribution in [3.05, 3.63) is 30.6 Å². The molecule has 102 valence electrons. The number of aromatic nitrogens is 2. The first-order valence-corrected chi connectivity index (χ1v) is 6.49. The van der Waals surface area contributed by atoms with E-state index in [1.807, 2.05) is 35.8 Å². The maximum Gasteiger partial charge on any atom is 0.224 e. The van der Waals surface area contributed by atoms with Crippen LogP contribution in [0.4, 0.5) is 0 Å². The standard InChI is InChI=1S/C14H20N4O/c1-11(9-15)17(2)14(19)7-8-18-10-16-12-5-3-4-6-13(12)18/h3-6,10-11H,7-9,15H2,1-2H3. The predicted molar refractivity (Wildman–Crippen MR) is 75.6 cm³/mol. The molecule has 1 aromatic carbocycles. The zero-order valence-corrected chi connectivity index (χ0v) is 11.4. The molecule has 0 spiro atoms. The van der Waals surface area contributed by atoms with Crippen molar-refractivity contribution in [2.75, 3.05) is 13.6 Å². The normalized spacial score (nSPS) is 12.6. The quantitative estimate of drug-likeness (QED) is 0.879. The van der Waals surface area contributed by atoms with Crippen LogP contribution in [0.15, 0.2) is 30.6 Å². The van der Waals surface area contributed by atoms with Gasteiger partial charge in [-0.1, -0.05) is 12.1 Å². The predicted octanol–water partition coefficient (Wildman–Crippen LogP) is 1.23. The average Bonchev–Trinajstić information content (AvgIpc) is 2.86. The summed E-state index contributed by atoms with van der Waals surface area (Å²) in [6, 6.07) is 7.99. The van der Waals surface area contributed by atoms with Gasteiger partial charge in [-0.15, -0.1) is 0 Å². The molecule has 2 aromatic rings. The third kappa shape index (κ3) is 2.93. The zero-order chi connectivity index (χ0) is 13.8. The summed E-state index contributed by atoms with van der Waals surface area (Å²) in [5.74, 6) is 0.107. The van der Waals surface area contributed by atoms with Crippen molar-refractivity contribution < 1.29 is 4.79 Å². The second kappa shape index (κ2) is 5.84. The second-order valence-corrected chi connectivity index (χ2v) is 4.77. The molecule has 0 aliphatic heterocycles. The maximum absolute atomic E-state index is 12.0. The van der Waals surface area contributed by atoms with Crippen molar-refractivity contribution in [2.24, 2.45) is 5.73 Å². The van der Waals surface area contributed by atoms with Crippen molar-refractivity contribution in [3.8, 4) is 0 Å². The van der Waals surface area contributed by atoms with Crippen molar-refractivity contribution in [1.82, 2.24) is 14.5 Å². The number of nitrogens with zero attached hydrogens (tertiary/aromatic N) is 3. The Morgan fingerprint density at radius 2 is 2.21 bits per heavy atom. The molecule has 0 saturated carbocycles. The van der Waals surface area contributed by atoms with Crippen LogP contribution >= 0.6 is 0 Å². The highest BCUT2D eigenvalue weighted by atomic mass is 16.2. The van der Waals surface area contributed by atoms with Crippen molar-refractivity contribution in [1.29, 1.82) is 0 Å². The largest absolute Gasteiger partial charge is 0.342 e. The SMILES string of the molecule is CC(CN)N(C)C(=O)CCn1cnc2ccccc21. The number of nitrogens with two attached hydrogens (primary N) is 1. The van der Waals surface area contributed by atoms with Crippen LogP contribution in [0.1, 0.15) is 13.3 Å². The minimum atomic E-state index is 0.0760. The van der Waals surface area contributed by atoms with Gasteiger partial charge in [-0.2, -0.15) is 0 Å². The fraction of sp³-hybridized carbons (Fsp3) is 0.429. The highest BCUT2D eigenvalue weighted by Crippen LogP contribution is 2.12. The van der Waals surface area contributed by atoms with Crippen LogP contribution in [0.5, 0.6) is 0 Å². The summed E-state index contributed by atoms with van der Waals surface area (Å²) in [5, 5.41) is 0. The van der Waals surface area contributed by atoms with Crippen LogP contribution in [0.2, 0.25) is 0 Å². The smallest absolute Gasteiger partial charge is 0.224 e. The van der Waals surface area contributed by atoms with Crippen LogP contribution in [-0.4, -0.2) is 40.0 Å². The van der Waals surface area contributed by atoms with Gasteiger partial charge in [0.25, 0.3) is 0 Å². The lowest BCUT2D eigenvalue weighted by Crippen LogP contribution is -2.39. The van der Waals surface area contributed by atoms with E-state index in [1.54, 1.807) is 18.3 Å². The Bertz CT molecular complexity index is 563. The lowest BCUT2D eigenvalue weighted by molar-refractivity contribution is -0.131. The highest BCUT2D eigenvalue weighted by Gasteiger charge is 2.14. The number of fused-ring (bicyclic) bond motifs is 1. The highest BCUT2D eigenvalue weighted by molar-refractivity contribution is 5.77. The van der Waals surface area contributed by atoms with Crippen molar-refractivity contribution in [3.63, 3.8) is 0 Å². The summed E-state index contributed by atoms with van der Waals surface area (Å²) in [7, 11) is 1.80. The number of para-hydroxylation sites is 2. The number of imidazole rings is 1. The minimum Gasteiger partial charge on any atom is -0.342 e. The number of likely N-dealkylation sites (N-methyl/N-ethyl adjacent to an activating group) is 1. The average molecular weight is 260 g/mol. The van der Waals surface area contributed by atoms with Gasteiger partial charge in [0.05, 0.1) is 17.4 Å². The molecule has 0 bridgehead atoms. The first-order valence-electron chi connectivity index (χ1n) is 6.49. The van der Waals surface area contributed by atoms with E-state index in [9.17, 15) is 4.79 Å². The summed E-state index contributed by atoms with van der Waals surface area (Å²) < 4.78 is 2.01. The molecule has 0 aliphatic carbocycles. The first kappa shape index (κ1) is 13.5. The van der Waals surface area contributed by atoms with E-state index >= 15 is 0 Å². The maximum atomic E-state index is 12.0. The van der Waals surface area contributed by atoms with Gasteiger partial charge in [-0.3, -0.25) is 4.79 Å². The molecule has 1 aromatic heterocycles. The Balaban J connectivity index is 2.01. The van der Waals surface area contributed by atoms with Crippen LogP contribution < -0.4 is 5.73 Å². The molecular formula is C14H20N4O. The van der Waals surface area contributed by atoms with Crippen molar-refractivity contribution in [2.45, 2.75) is 25.9 Å². The molecule has 0 aliphatic rings. The summed E-state index contributed by atoms with van der Waals surface area (Å²) in [4.78, 5) is 18.0. The van der Waals surface area contributed by atoms with Gasteiger partial charge in [-0.25, -0.2) is 4.98 Å². The summed E-state index contributed by atoms with van der Waals surface area (Å²) >= 11 is 0. The molecule has 5 nitrogen and oxygen atoms in total. The lowest BCUT2D eigenvalue weighted by Gasteiger charge is -2.23. The number of benzene rings is 1. The third-order valence-corrected chi connectivity index (χ3v) is 3.49. The number of carbonyl (C=O) groups excluding carboxylic acids is 1. The summed E-state index contributed by atoms with van der Waals surface area (Å²) in [5.41, 5.74) is 7.58. The number of carbonyl (C=O) groups is 1. The fourth-order valence-corrected chi connectivity index (χ4v) is 1.98. The van der Waals surface area contributed by atoms with E-state index in [4.69, 9.17) is 5.73 Å². The number of amides is 1. The van der Waals surface area contributed by atoms with Gasteiger partial charge >= 0.3 is 0 Å². The van der Waals surface area contributed by atoms with E-state index in [0.717, 1.165) is 11.0 Å². The molecule has 2 N–H and O–H groups in total. The van der Waals surface area contributed by atoms with E-state index in [1.165, 1.54) is 0 Å². The van der Waals surface area contributed by atoms with Gasteiger partial charge in [-0.05, 0) is 19.1 Å². The fourth-order valence-electron chi connectivity index (χ4n) is 1.98. The Morgan fingerprint density at radius 3 is 2.95 bits per heavy atom. The van der Waals surface area contributed by atoms with Crippen LogP contribution in [0, 0.1) is 0 Å². The molecule has 1 unspecified atom stereocenters. The molecule has 19 heavy (non-hydrogen) atoms. The van der Waals surface area contributed by atoms with Gasteiger partial charge in [0.1, 0.15) is 0 Å². The third-order valence-electron chi connectivity index (χ3n) is 3.49. The van der Waals surface area contributed by atoms with Crippen LogP contribution in [0.3, 0.4) is 0 Å². The molecule has 1 atom stereocenters. The summed E-state index contributed by atoms with van der Waals surface area (Å²) in [6.45, 7) is 3.07.